The lowest BCUT2D eigenvalue weighted by Crippen LogP contribution is -2.19. The lowest BCUT2D eigenvalue weighted by Gasteiger charge is -2.01. The maximum absolute atomic E-state index is 13.5. The molecule has 0 saturated carbocycles. The maximum atomic E-state index is 13.5. The molecular weight excluding hydrogens is 311 g/mol. The zero-order chi connectivity index (χ0) is 15.1. The van der Waals surface area contributed by atoms with Crippen LogP contribution in [0.25, 0.3) is 0 Å². The predicted molar refractivity (Wildman–Crippen MR) is 84.3 cm³/mol. The summed E-state index contributed by atoms with van der Waals surface area (Å²) in [6.07, 6.45) is 1.20. The number of halogens is 2. The van der Waals surface area contributed by atoms with Crippen molar-refractivity contribution < 1.29 is 9.18 Å². The Morgan fingerprint density at radius 2 is 2.00 bits per heavy atom. The van der Waals surface area contributed by atoms with Crippen molar-refractivity contribution in [1.82, 2.24) is 5.43 Å². The number of hydrogen-bond acceptors (Lipinski definition) is 3. The number of carbonyl (C=O) groups excluding carboxylic acids is 1. The topological polar surface area (TPSA) is 41.5 Å². The predicted octanol–water partition coefficient (Wildman–Crippen LogP) is 3.72. The number of rotatable bonds is 5. The first-order valence-electron chi connectivity index (χ1n) is 6.10. The van der Waals surface area contributed by atoms with Gasteiger partial charge >= 0.3 is 0 Å². The summed E-state index contributed by atoms with van der Waals surface area (Å²) in [6.45, 7) is 0. The molecule has 21 heavy (non-hydrogen) atoms. The fourth-order valence-corrected chi connectivity index (χ4v) is 2.42. The van der Waals surface area contributed by atoms with Crippen LogP contribution < -0.4 is 5.43 Å². The molecule has 0 aliphatic carbocycles. The van der Waals surface area contributed by atoms with Gasteiger partial charge in [-0.2, -0.15) is 5.10 Å². The third-order valence-corrected chi connectivity index (χ3v) is 3.84. The Morgan fingerprint density at radius 1 is 1.24 bits per heavy atom. The molecule has 0 saturated heterocycles. The van der Waals surface area contributed by atoms with Crippen molar-refractivity contribution in [2.75, 3.05) is 5.75 Å². The normalized spacial score (nSPS) is 10.8. The Kier molecular flexibility index (Phi) is 5.78. The second-order valence-electron chi connectivity index (χ2n) is 4.03. The fraction of sp³-hybridized carbons (Fsp3) is 0.0667. The molecule has 3 nitrogen and oxygen atoms in total. The zero-order valence-electron chi connectivity index (χ0n) is 10.9. The summed E-state index contributed by atoms with van der Waals surface area (Å²) in [5, 5.41) is 3.96. The molecular formula is C15H12ClFN2OS. The molecule has 0 aromatic heterocycles. The number of nitrogens with zero attached hydrogens (tertiary/aromatic N) is 1. The highest BCUT2D eigenvalue weighted by Gasteiger charge is 2.04. The van der Waals surface area contributed by atoms with E-state index in [9.17, 15) is 9.18 Å². The minimum atomic E-state index is -0.487. The highest BCUT2D eigenvalue weighted by atomic mass is 35.5. The number of hydrogen-bond donors (Lipinski definition) is 1. The number of thioether (sulfide) groups is 1. The molecule has 1 amide bonds. The van der Waals surface area contributed by atoms with Crippen molar-refractivity contribution in [1.29, 1.82) is 0 Å². The number of carbonyl (C=O) groups is 1. The van der Waals surface area contributed by atoms with Crippen LogP contribution in [0.15, 0.2) is 58.5 Å². The lowest BCUT2D eigenvalue weighted by molar-refractivity contribution is -0.118. The van der Waals surface area contributed by atoms with Crippen molar-refractivity contribution in [3.05, 3.63) is 64.9 Å². The summed E-state index contributed by atoms with van der Waals surface area (Å²) in [5.74, 6) is -0.529. The highest BCUT2D eigenvalue weighted by molar-refractivity contribution is 8.00. The first-order chi connectivity index (χ1) is 10.2. The molecule has 6 heteroatoms. The summed E-state index contributed by atoms with van der Waals surface area (Å²) < 4.78 is 13.5. The van der Waals surface area contributed by atoms with Gasteiger partial charge in [-0.25, -0.2) is 9.82 Å². The van der Waals surface area contributed by atoms with Gasteiger partial charge in [-0.1, -0.05) is 35.9 Å². The third kappa shape index (κ3) is 4.88. The smallest absolute Gasteiger partial charge is 0.250 e. The Balaban J connectivity index is 1.85. The van der Waals surface area contributed by atoms with E-state index in [0.29, 0.717) is 0 Å². The van der Waals surface area contributed by atoms with E-state index in [4.69, 9.17) is 11.6 Å². The van der Waals surface area contributed by atoms with E-state index in [1.54, 1.807) is 6.07 Å². The van der Waals surface area contributed by atoms with Gasteiger partial charge in [0, 0.05) is 10.5 Å². The quantitative estimate of drug-likeness (QED) is 0.518. The molecule has 0 fully saturated rings. The SMILES string of the molecule is O=C(CSc1ccccc1)N/N=C/c1c(F)cccc1Cl. The van der Waals surface area contributed by atoms with Crippen molar-refractivity contribution >= 4 is 35.5 Å². The molecule has 0 aliphatic heterocycles. The third-order valence-electron chi connectivity index (χ3n) is 2.50. The highest BCUT2D eigenvalue weighted by Crippen LogP contribution is 2.17. The Bertz CT molecular complexity index is 629. The van der Waals surface area contributed by atoms with E-state index in [1.807, 2.05) is 30.3 Å². The van der Waals surface area contributed by atoms with E-state index >= 15 is 0 Å². The Morgan fingerprint density at radius 3 is 2.71 bits per heavy atom. The first kappa shape index (κ1) is 15.5. The van der Waals surface area contributed by atoms with Gasteiger partial charge in [0.1, 0.15) is 5.82 Å². The Hall–Kier alpha value is -1.85. The van der Waals surface area contributed by atoms with Crippen LogP contribution in [0.1, 0.15) is 5.56 Å². The van der Waals surface area contributed by atoms with Crippen LogP contribution in [0, 0.1) is 5.82 Å². The van der Waals surface area contributed by atoms with Crippen molar-refractivity contribution in [3.8, 4) is 0 Å². The van der Waals surface area contributed by atoms with Gasteiger partial charge in [0.25, 0.3) is 0 Å². The zero-order valence-corrected chi connectivity index (χ0v) is 12.5. The van der Waals surface area contributed by atoms with E-state index in [-0.39, 0.29) is 22.2 Å². The Labute approximate surface area is 131 Å². The molecule has 2 rings (SSSR count). The molecule has 0 spiro atoms. The maximum Gasteiger partial charge on any atom is 0.250 e. The molecule has 1 N–H and O–H groups in total. The van der Waals surface area contributed by atoms with Crippen LogP contribution in [0.4, 0.5) is 4.39 Å². The minimum Gasteiger partial charge on any atom is -0.272 e. The molecule has 0 unspecified atom stereocenters. The average molecular weight is 323 g/mol. The molecule has 0 radical (unpaired) electrons. The summed E-state index contributed by atoms with van der Waals surface area (Å²) >= 11 is 7.23. The van der Waals surface area contributed by atoms with Crippen molar-refractivity contribution in [2.45, 2.75) is 4.90 Å². The van der Waals surface area contributed by atoms with E-state index in [2.05, 4.69) is 10.5 Å². The molecule has 0 bridgehead atoms. The van der Waals surface area contributed by atoms with Crippen LogP contribution >= 0.6 is 23.4 Å². The second-order valence-corrected chi connectivity index (χ2v) is 5.49. The van der Waals surface area contributed by atoms with Crippen molar-refractivity contribution in [2.24, 2.45) is 5.10 Å². The number of hydrazone groups is 1. The molecule has 2 aromatic carbocycles. The average Bonchev–Trinajstić information content (AvgIpc) is 2.49. The van der Waals surface area contributed by atoms with Gasteiger partial charge in [0.2, 0.25) is 5.91 Å². The molecule has 2 aromatic rings. The lowest BCUT2D eigenvalue weighted by atomic mass is 10.2. The van der Waals surface area contributed by atoms with E-state index in [1.165, 1.54) is 30.1 Å². The molecule has 0 heterocycles. The van der Waals surface area contributed by atoms with Crippen LogP contribution in [0.3, 0.4) is 0 Å². The summed E-state index contributed by atoms with van der Waals surface area (Å²) in [4.78, 5) is 12.6. The van der Waals surface area contributed by atoms with Gasteiger partial charge in [0.05, 0.1) is 17.0 Å². The summed E-state index contributed by atoms with van der Waals surface area (Å²) in [5.41, 5.74) is 2.49. The van der Waals surface area contributed by atoms with E-state index in [0.717, 1.165) is 4.90 Å². The monoisotopic (exact) mass is 322 g/mol. The van der Waals surface area contributed by atoms with Gasteiger partial charge in [-0.15, -0.1) is 11.8 Å². The largest absolute Gasteiger partial charge is 0.272 e. The minimum absolute atomic E-state index is 0.148. The van der Waals surface area contributed by atoms with Crippen LogP contribution in [0.5, 0.6) is 0 Å². The van der Waals surface area contributed by atoms with Crippen molar-refractivity contribution in [3.63, 3.8) is 0 Å². The molecule has 0 atom stereocenters. The molecule has 108 valence electrons. The summed E-state index contributed by atoms with van der Waals surface area (Å²) in [7, 11) is 0. The second kappa shape index (κ2) is 7.81. The first-order valence-corrected chi connectivity index (χ1v) is 7.47. The van der Waals surface area contributed by atoms with Gasteiger partial charge in [-0.3, -0.25) is 4.79 Å². The standard InChI is InChI=1S/C15H12ClFN2OS/c16-13-7-4-8-14(17)12(13)9-18-19-15(20)10-21-11-5-2-1-3-6-11/h1-9H,10H2,(H,19,20)/b18-9+. The van der Waals surface area contributed by atoms with Gasteiger partial charge < -0.3 is 0 Å². The van der Waals surface area contributed by atoms with Crippen LogP contribution in [0.2, 0.25) is 5.02 Å². The van der Waals surface area contributed by atoms with Crippen LogP contribution in [-0.4, -0.2) is 17.9 Å². The van der Waals surface area contributed by atoms with Crippen LogP contribution in [-0.2, 0) is 4.79 Å². The number of amides is 1. The molecule has 0 aliphatic rings. The van der Waals surface area contributed by atoms with Gasteiger partial charge in [0.15, 0.2) is 0 Å². The fourth-order valence-electron chi connectivity index (χ4n) is 1.50. The van der Waals surface area contributed by atoms with Gasteiger partial charge in [-0.05, 0) is 24.3 Å². The number of benzene rings is 2. The number of nitrogens with one attached hydrogen (secondary N) is 1. The summed E-state index contributed by atoms with van der Waals surface area (Å²) in [6, 6.07) is 13.9. The van der Waals surface area contributed by atoms with E-state index < -0.39 is 5.82 Å².